The van der Waals surface area contributed by atoms with Gasteiger partial charge in [0, 0.05) is 13.2 Å². The zero-order chi connectivity index (χ0) is 14.9. The second-order valence-electron chi connectivity index (χ2n) is 6.08. The molecule has 1 unspecified atom stereocenters. The van der Waals surface area contributed by atoms with Crippen molar-refractivity contribution in [2.45, 2.75) is 96.9 Å². The van der Waals surface area contributed by atoms with Crippen LogP contribution in [0.2, 0.25) is 0 Å². The molecule has 0 aliphatic rings. The molecule has 0 heterocycles. The molecule has 1 atom stereocenters. The van der Waals surface area contributed by atoms with Gasteiger partial charge in [-0.25, -0.2) is 0 Å². The molecule has 0 aliphatic carbocycles. The van der Waals surface area contributed by atoms with Crippen LogP contribution in [0, 0.1) is 0 Å². The van der Waals surface area contributed by atoms with Crippen LogP contribution in [0.1, 0.15) is 90.9 Å². The van der Waals surface area contributed by atoms with Crippen LogP contribution in [0.3, 0.4) is 0 Å². The van der Waals surface area contributed by atoms with E-state index >= 15 is 0 Å². The molecule has 0 bridgehead atoms. The summed E-state index contributed by atoms with van der Waals surface area (Å²) >= 11 is 0. The van der Waals surface area contributed by atoms with Gasteiger partial charge in [-0.2, -0.15) is 0 Å². The summed E-state index contributed by atoms with van der Waals surface area (Å²) in [5, 5.41) is 3.62. The highest BCUT2D eigenvalue weighted by molar-refractivity contribution is 4.65. The lowest BCUT2D eigenvalue weighted by atomic mass is 10.1. The maximum Gasteiger partial charge on any atom is 0.0615 e. The quantitative estimate of drug-likeness (QED) is 0.388. The summed E-state index contributed by atoms with van der Waals surface area (Å²) < 4.78 is 5.24. The lowest BCUT2D eigenvalue weighted by Crippen LogP contribution is -2.33. The molecule has 0 aromatic heterocycles. The van der Waals surface area contributed by atoms with Crippen LogP contribution in [-0.4, -0.2) is 26.3 Å². The summed E-state index contributed by atoms with van der Waals surface area (Å²) in [5.41, 5.74) is 0. The molecule has 2 heteroatoms. The van der Waals surface area contributed by atoms with E-state index in [4.69, 9.17) is 4.74 Å². The number of ether oxygens (including phenoxy) is 1. The Morgan fingerprint density at radius 3 is 1.80 bits per heavy atom. The molecule has 2 nitrogen and oxygen atoms in total. The average molecular weight is 286 g/mol. The van der Waals surface area contributed by atoms with E-state index in [-0.39, 0.29) is 0 Å². The zero-order valence-electron chi connectivity index (χ0n) is 14.4. The van der Waals surface area contributed by atoms with Crippen molar-refractivity contribution in [1.29, 1.82) is 0 Å². The monoisotopic (exact) mass is 285 g/mol. The summed E-state index contributed by atoms with van der Waals surface area (Å²) in [6, 6.07) is 0.559. The van der Waals surface area contributed by atoms with Crippen molar-refractivity contribution >= 4 is 0 Å². The number of methoxy groups -OCH3 is 1. The van der Waals surface area contributed by atoms with E-state index in [1.165, 1.54) is 77.0 Å². The third kappa shape index (κ3) is 14.3. The van der Waals surface area contributed by atoms with Gasteiger partial charge in [0.1, 0.15) is 0 Å². The third-order valence-corrected chi connectivity index (χ3v) is 3.97. The fourth-order valence-electron chi connectivity index (χ4n) is 2.71. The molecule has 122 valence electrons. The first-order valence-electron chi connectivity index (χ1n) is 9.07. The Hall–Kier alpha value is -0.0800. The normalized spacial score (nSPS) is 12.8. The van der Waals surface area contributed by atoms with Crippen LogP contribution >= 0.6 is 0 Å². The SMILES string of the molecule is CCCCCCCCCCCCNC(CCC)COC. The van der Waals surface area contributed by atoms with E-state index < -0.39 is 0 Å². The van der Waals surface area contributed by atoms with Crippen molar-refractivity contribution in [2.24, 2.45) is 0 Å². The van der Waals surface area contributed by atoms with Crippen molar-refractivity contribution in [3.05, 3.63) is 0 Å². The molecular weight excluding hydrogens is 246 g/mol. The van der Waals surface area contributed by atoms with Gasteiger partial charge >= 0.3 is 0 Å². The first-order valence-corrected chi connectivity index (χ1v) is 9.07. The number of unbranched alkanes of at least 4 members (excludes halogenated alkanes) is 9. The van der Waals surface area contributed by atoms with E-state index in [0.717, 1.165) is 13.2 Å². The second-order valence-corrected chi connectivity index (χ2v) is 6.08. The number of hydrogen-bond donors (Lipinski definition) is 1. The topological polar surface area (TPSA) is 21.3 Å². The summed E-state index contributed by atoms with van der Waals surface area (Å²) in [4.78, 5) is 0. The molecule has 20 heavy (non-hydrogen) atoms. The molecule has 0 amide bonds. The molecule has 0 aliphatic heterocycles. The predicted molar refractivity (Wildman–Crippen MR) is 90.4 cm³/mol. The Morgan fingerprint density at radius 2 is 1.30 bits per heavy atom. The number of hydrogen-bond acceptors (Lipinski definition) is 2. The molecule has 1 N–H and O–H groups in total. The fourth-order valence-corrected chi connectivity index (χ4v) is 2.71. The minimum absolute atomic E-state index is 0.559. The molecular formula is C18H39NO. The summed E-state index contributed by atoms with van der Waals surface area (Å²) in [7, 11) is 1.80. The standard InChI is InChI=1S/C18H39NO/c1-4-6-7-8-9-10-11-12-13-14-16-19-18(15-5-2)17-20-3/h18-19H,4-17H2,1-3H3. The molecule has 0 rings (SSSR count). The summed E-state index contributed by atoms with van der Waals surface area (Å²) in [6.07, 6.45) is 16.6. The zero-order valence-corrected chi connectivity index (χ0v) is 14.4. The highest BCUT2D eigenvalue weighted by atomic mass is 16.5. The summed E-state index contributed by atoms with van der Waals surface area (Å²) in [5.74, 6) is 0. The van der Waals surface area contributed by atoms with Gasteiger partial charge in [-0.3, -0.25) is 0 Å². The number of nitrogens with one attached hydrogen (secondary N) is 1. The molecule has 0 aromatic rings. The molecule has 0 radical (unpaired) electrons. The second kappa shape index (κ2) is 17.0. The van der Waals surface area contributed by atoms with Gasteiger partial charge in [0.15, 0.2) is 0 Å². The van der Waals surface area contributed by atoms with Crippen molar-refractivity contribution < 1.29 is 4.74 Å². The Morgan fingerprint density at radius 1 is 0.750 bits per heavy atom. The first-order chi connectivity index (χ1) is 9.85. The minimum Gasteiger partial charge on any atom is -0.383 e. The largest absolute Gasteiger partial charge is 0.383 e. The van der Waals surface area contributed by atoms with Crippen LogP contribution in [0.15, 0.2) is 0 Å². The maximum atomic E-state index is 5.24. The minimum atomic E-state index is 0.559. The fraction of sp³-hybridized carbons (Fsp3) is 1.00. The Bertz CT molecular complexity index is 167. The molecule has 0 spiro atoms. The van der Waals surface area contributed by atoms with Gasteiger partial charge in [-0.1, -0.05) is 78.1 Å². The summed E-state index contributed by atoms with van der Waals surface area (Å²) in [6.45, 7) is 6.53. The van der Waals surface area contributed by atoms with Gasteiger partial charge in [-0.05, 0) is 19.4 Å². The third-order valence-electron chi connectivity index (χ3n) is 3.97. The molecule has 0 saturated heterocycles. The highest BCUT2D eigenvalue weighted by Crippen LogP contribution is 2.10. The first kappa shape index (κ1) is 19.9. The van der Waals surface area contributed by atoms with Crippen LogP contribution < -0.4 is 5.32 Å². The maximum absolute atomic E-state index is 5.24. The van der Waals surface area contributed by atoms with Gasteiger partial charge in [0.25, 0.3) is 0 Å². The van der Waals surface area contributed by atoms with Gasteiger partial charge in [0.2, 0.25) is 0 Å². The van der Waals surface area contributed by atoms with Gasteiger partial charge < -0.3 is 10.1 Å². The predicted octanol–water partition coefficient (Wildman–Crippen LogP) is 5.31. The van der Waals surface area contributed by atoms with Crippen LogP contribution in [0.4, 0.5) is 0 Å². The van der Waals surface area contributed by atoms with Crippen molar-refractivity contribution in [3.63, 3.8) is 0 Å². The Kier molecular flexibility index (Phi) is 16.9. The van der Waals surface area contributed by atoms with Crippen LogP contribution in [0.5, 0.6) is 0 Å². The van der Waals surface area contributed by atoms with Gasteiger partial charge in [0.05, 0.1) is 6.61 Å². The smallest absolute Gasteiger partial charge is 0.0615 e. The average Bonchev–Trinajstić information content (AvgIpc) is 2.45. The molecule has 0 aromatic carbocycles. The van der Waals surface area contributed by atoms with Crippen molar-refractivity contribution in [1.82, 2.24) is 5.32 Å². The Balaban J connectivity index is 3.18. The highest BCUT2D eigenvalue weighted by Gasteiger charge is 2.05. The Labute approximate surface area is 128 Å². The van der Waals surface area contributed by atoms with Crippen LogP contribution in [-0.2, 0) is 4.74 Å². The van der Waals surface area contributed by atoms with Crippen LogP contribution in [0.25, 0.3) is 0 Å². The van der Waals surface area contributed by atoms with E-state index in [1.54, 1.807) is 7.11 Å². The van der Waals surface area contributed by atoms with E-state index in [2.05, 4.69) is 19.2 Å². The van der Waals surface area contributed by atoms with E-state index in [0.29, 0.717) is 6.04 Å². The van der Waals surface area contributed by atoms with Crippen molar-refractivity contribution in [3.8, 4) is 0 Å². The van der Waals surface area contributed by atoms with Gasteiger partial charge in [-0.15, -0.1) is 0 Å². The molecule has 0 fully saturated rings. The van der Waals surface area contributed by atoms with E-state index in [9.17, 15) is 0 Å². The van der Waals surface area contributed by atoms with E-state index in [1.807, 2.05) is 0 Å². The lowest BCUT2D eigenvalue weighted by Gasteiger charge is -2.16. The van der Waals surface area contributed by atoms with Crippen molar-refractivity contribution in [2.75, 3.05) is 20.3 Å². The lowest BCUT2D eigenvalue weighted by molar-refractivity contribution is 0.162. The number of rotatable bonds is 16. The molecule has 0 saturated carbocycles.